The maximum Gasteiger partial charge on any atom is 0.306 e. The van der Waals surface area contributed by atoms with Crippen LogP contribution in [0.25, 0.3) is 0 Å². The van der Waals surface area contributed by atoms with E-state index in [0.717, 1.165) is 83.5 Å². The molecule has 55 heavy (non-hydrogen) atoms. The van der Waals surface area contributed by atoms with Crippen molar-refractivity contribution in [2.75, 3.05) is 0 Å². The Kier molecular flexibility index (Phi) is 10.9. The highest BCUT2D eigenvalue weighted by molar-refractivity contribution is 5.69. The zero-order valence-electron chi connectivity index (χ0n) is 35.4. The van der Waals surface area contributed by atoms with Gasteiger partial charge in [-0.3, -0.25) is 9.59 Å². The van der Waals surface area contributed by atoms with E-state index in [-0.39, 0.29) is 58.5 Å². The van der Waals surface area contributed by atoms with E-state index >= 15 is 0 Å². The number of hydrogen-bond acceptors (Lipinski definition) is 6. The first-order valence-corrected chi connectivity index (χ1v) is 23.4. The van der Waals surface area contributed by atoms with Gasteiger partial charge < -0.3 is 25.2 Å². The van der Waals surface area contributed by atoms with Gasteiger partial charge in [0.1, 0.15) is 6.10 Å². The summed E-state index contributed by atoms with van der Waals surface area (Å²) in [6.07, 6.45) is 18.4. The van der Waals surface area contributed by atoms with E-state index in [9.17, 15) is 30.0 Å². The predicted molar refractivity (Wildman–Crippen MR) is 214 cm³/mol. The summed E-state index contributed by atoms with van der Waals surface area (Å²) in [5, 5.41) is 43.3. The third kappa shape index (κ3) is 6.69. The van der Waals surface area contributed by atoms with Crippen molar-refractivity contribution in [3.8, 4) is 0 Å². The third-order valence-corrected chi connectivity index (χ3v) is 20.7. The Morgan fingerprint density at radius 2 is 1.04 bits per heavy atom. The Hall–Kier alpha value is -1.18. The molecule has 0 aromatic rings. The Morgan fingerprint density at radius 3 is 1.56 bits per heavy atom. The average Bonchev–Trinajstić information content (AvgIpc) is 3.67. The van der Waals surface area contributed by atoms with Crippen LogP contribution in [0, 0.1) is 92.7 Å². The fourth-order valence-corrected chi connectivity index (χ4v) is 17.8. The molecule has 8 fully saturated rings. The molecule has 0 radical (unpaired) electrons. The summed E-state index contributed by atoms with van der Waals surface area (Å²) in [5.74, 6) is 4.85. The van der Waals surface area contributed by atoms with Crippen molar-refractivity contribution in [1.29, 1.82) is 0 Å². The van der Waals surface area contributed by atoms with Gasteiger partial charge in [0.2, 0.25) is 0 Å². The molecule has 8 aliphatic carbocycles. The van der Waals surface area contributed by atoms with E-state index in [1.165, 1.54) is 32.1 Å². The van der Waals surface area contributed by atoms with Gasteiger partial charge in [-0.05, 0) is 208 Å². The fraction of sp³-hybridized carbons (Fsp3) is 0.958. The van der Waals surface area contributed by atoms with Crippen LogP contribution in [-0.2, 0) is 14.3 Å². The molecule has 0 amide bonds. The Balaban J connectivity index is 0.845. The minimum Gasteiger partial charge on any atom is -0.481 e. The first kappa shape index (κ1) is 40.6. The van der Waals surface area contributed by atoms with Crippen molar-refractivity contribution in [2.45, 2.75) is 194 Å². The van der Waals surface area contributed by atoms with Crippen LogP contribution in [0.4, 0.5) is 0 Å². The molecular formula is C48H78O7. The van der Waals surface area contributed by atoms with Gasteiger partial charge >= 0.3 is 11.9 Å². The van der Waals surface area contributed by atoms with Gasteiger partial charge in [0.15, 0.2) is 0 Å². The first-order chi connectivity index (χ1) is 26.0. The molecule has 0 heterocycles. The zero-order valence-corrected chi connectivity index (χ0v) is 35.4. The lowest BCUT2D eigenvalue weighted by molar-refractivity contribution is -0.183. The van der Waals surface area contributed by atoms with Crippen molar-refractivity contribution in [1.82, 2.24) is 0 Å². The SMILES string of the molecule is C[C@H](CCC(=O)O)[C@H]1CC[C@H]2[C@@H]3[C@@H](O)C[C@@H]4C[C@@H](OC(=O)CC[C@@H](C)[C@H]5CCC6C7C(CC[C@@]65C)[C@@]5(C)CC[C@H](O)CC5C[C@H]7O)CC[C@]4(C)[C@H]3CC[C@]12C. The van der Waals surface area contributed by atoms with Gasteiger partial charge in [0.25, 0.3) is 0 Å². The molecule has 8 aliphatic rings. The molecule has 0 aromatic heterocycles. The second kappa shape index (κ2) is 14.8. The quantitative estimate of drug-likeness (QED) is 0.173. The molecule has 0 saturated heterocycles. The number of carboxylic acids is 1. The molecule has 0 bridgehead atoms. The highest BCUT2D eigenvalue weighted by atomic mass is 16.5. The van der Waals surface area contributed by atoms with Crippen LogP contribution >= 0.6 is 0 Å². The molecule has 8 rings (SSSR count). The normalized spacial score (nSPS) is 52.7. The Morgan fingerprint density at radius 1 is 0.582 bits per heavy atom. The van der Waals surface area contributed by atoms with Crippen molar-refractivity contribution in [2.24, 2.45) is 92.7 Å². The molecule has 0 aliphatic heterocycles. The molecule has 7 heteroatoms. The summed E-state index contributed by atoms with van der Waals surface area (Å²) in [4.78, 5) is 24.9. The molecule has 312 valence electrons. The van der Waals surface area contributed by atoms with Crippen molar-refractivity contribution < 1.29 is 34.8 Å². The monoisotopic (exact) mass is 767 g/mol. The first-order valence-electron chi connectivity index (χ1n) is 23.4. The lowest BCUT2D eigenvalue weighted by Crippen LogP contribution is -2.58. The van der Waals surface area contributed by atoms with Gasteiger partial charge in [-0.25, -0.2) is 0 Å². The molecule has 0 spiro atoms. The molecule has 8 saturated carbocycles. The summed E-state index contributed by atoms with van der Waals surface area (Å²) in [7, 11) is 0. The lowest BCUT2D eigenvalue weighted by atomic mass is 9.43. The highest BCUT2D eigenvalue weighted by Crippen LogP contribution is 2.70. The number of esters is 1. The van der Waals surface area contributed by atoms with Gasteiger partial charge in [-0.1, -0.05) is 41.5 Å². The van der Waals surface area contributed by atoms with Crippen LogP contribution in [0.3, 0.4) is 0 Å². The highest BCUT2D eigenvalue weighted by Gasteiger charge is 2.65. The number of hydrogen-bond donors (Lipinski definition) is 4. The summed E-state index contributed by atoms with van der Waals surface area (Å²) in [5.41, 5.74) is 0.812. The van der Waals surface area contributed by atoms with Crippen LogP contribution in [0.2, 0.25) is 0 Å². The van der Waals surface area contributed by atoms with E-state index in [1.807, 2.05) is 0 Å². The van der Waals surface area contributed by atoms with Gasteiger partial charge in [-0.15, -0.1) is 0 Å². The number of carboxylic acid groups (broad SMARTS) is 1. The number of carbonyl (C=O) groups is 2. The predicted octanol–water partition coefficient (Wildman–Crippen LogP) is 9.44. The standard InChI is InChI=1S/C48H78O7/c1-27(7-13-41(52)53)33-9-11-36-44-38(18-22-47(33,36)5)46(4)20-16-32(24-30(46)26-40(44)51)55-42(54)14-8-28(2)34-10-12-35-43-37(17-21-48(34,35)6)45(3)19-15-31(49)23-29(45)25-39(43)50/h27-40,43-44,49-51H,7-26H2,1-6H3,(H,52,53)/t27-,28-,29?,30+,31+,32+,33-,34-,35?,36+,37?,38+,39-,40+,43?,44+,45+,46+,47-,48-/m1/s1. The van der Waals surface area contributed by atoms with Crippen LogP contribution in [-0.4, -0.2) is 56.8 Å². The lowest BCUT2D eigenvalue weighted by Gasteiger charge is -2.62. The number of fused-ring (bicyclic) bond motifs is 10. The number of aliphatic hydroxyl groups excluding tert-OH is 3. The maximum absolute atomic E-state index is 13.5. The van der Waals surface area contributed by atoms with Gasteiger partial charge in [0, 0.05) is 12.8 Å². The molecular weight excluding hydrogens is 689 g/mol. The Bertz CT molecular complexity index is 1430. The van der Waals surface area contributed by atoms with Crippen molar-refractivity contribution in [3.05, 3.63) is 0 Å². The molecule has 4 N–H and O–H groups in total. The van der Waals surface area contributed by atoms with Crippen LogP contribution in [0.1, 0.15) is 170 Å². The number of aliphatic carboxylic acids is 1. The van der Waals surface area contributed by atoms with Gasteiger partial charge in [-0.2, -0.15) is 0 Å². The van der Waals surface area contributed by atoms with E-state index in [2.05, 4.69) is 41.5 Å². The minimum absolute atomic E-state index is 0.0401. The third-order valence-electron chi connectivity index (χ3n) is 20.7. The molecule has 7 nitrogen and oxygen atoms in total. The number of rotatable bonds is 9. The largest absolute Gasteiger partial charge is 0.481 e. The minimum atomic E-state index is -0.696. The van der Waals surface area contributed by atoms with Crippen LogP contribution in [0.15, 0.2) is 0 Å². The maximum atomic E-state index is 13.5. The Labute approximate surface area is 332 Å². The fourth-order valence-electron chi connectivity index (χ4n) is 17.8. The number of ether oxygens (including phenoxy) is 1. The second-order valence-electron chi connectivity index (χ2n) is 22.8. The smallest absolute Gasteiger partial charge is 0.306 e. The van der Waals surface area contributed by atoms with E-state index < -0.39 is 5.97 Å². The second-order valence-corrected chi connectivity index (χ2v) is 22.8. The van der Waals surface area contributed by atoms with Crippen LogP contribution < -0.4 is 0 Å². The van der Waals surface area contributed by atoms with E-state index in [1.54, 1.807) is 0 Å². The molecule has 4 unspecified atom stereocenters. The zero-order chi connectivity index (χ0) is 39.2. The average molecular weight is 767 g/mol. The van der Waals surface area contributed by atoms with E-state index in [0.29, 0.717) is 77.4 Å². The summed E-state index contributed by atoms with van der Waals surface area (Å²) in [6, 6.07) is 0. The number of aliphatic hydroxyl groups is 3. The van der Waals surface area contributed by atoms with Crippen LogP contribution in [0.5, 0.6) is 0 Å². The molecule has 0 aromatic carbocycles. The summed E-state index contributed by atoms with van der Waals surface area (Å²) < 4.78 is 6.31. The van der Waals surface area contributed by atoms with Crippen molar-refractivity contribution in [3.63, 3.8) is 0 Å². The summed E-state index contributed by atoms with van der Waals surface area (Å²) in [6.45, 7) is 14.6. The van der Waals surface area contributed by atoms with Gasteiger partial charge in [0.05, 0.1) is 18.3 Å². The molecule has 20 atom stereocenters. The summed E-state index contributed by atoms with van der Waals surface area (Å²) >= 11 is 0. The number of carbonyl (C=O) groups excluding carboxylic acids is 1. The van der Waals surface area contributed by atoms with E-state index in [4.69, 9.17) is 4.74 Å². The topological polar surface area (TPSA) is 124 Å². The van der Waals surface area contributed by atoms with Crippen molar-refractivity contribution >= 4 is 11.9 Å².